The second-order valence-electron chi connectivity index (χ2n) is 21.2. The lowest BCUT2D eigenvalue weighted by Gasteiger charge is -2.43. The van der Waals surface area contributed by atoms with Crippen LogP contribution in [0.25, 0.3) is 0 Å². The average Bonchev–Trinajstić information content (AvgIpc) is 2.02. The Morgan fingerprint density at radius 2 is 1.56 bits per heavy atom. The third-order valence-corrected chi connectivity index (χ3v) is 15.7. The number of phenolic OH excluding ortho intramolecular Hbond substituents is 2. The number of methoxy groups -OCH3 is 2. The van der Waals surface area contributed by atoms with Gasteiger partial charge in [0, 0.05) is 80.9 Å². The van der Waals surface area contributed by atoms with Gasteiger partial charge in [-0.25, -0.2) is 0 Å². The molecule has 15 atom stereocenters. The maximum absolute atomic E-state index is 14.4. The lowest BCUT2D eigenvalue weighted by Crippen LogP contribution is -2.61. The second kappa shape index (κ2) is 24.3. The smallest absolute Gasteiger partial charge is 0.254 e. The van der Waals surface area contributed by atoms with Crippen molar-refractivity contribution in [2.75, 3.05) is 60.2 Å². The number of aliphatic hydroxyl groups is 5. The van der Waals surface area contributed by atoms with E-state index in [-0.39, 0.29) is 40.5 Å². The molecule has 29 nitrogen and oxygen atoms in total. The van der Waals surface area contributed by atoms with Gasteiger partial charge in [0.25, 0.3) is 17.7 Å². The Bertz CT molecular complexity index is 2880. The third-order valence-electron chi connectivity index (χ3n) is 15.7. The zero-order valence-corrected chi connectivity index (χ0v) is 45.2. The van der Waals surface area contributed by atoms with E-state index in [9.17, 15) is 74.1 Å². The zero-order chi connectivity index (χ0) is 59.2. The number of benzene rings is 2. The fourth-order valence-electron chi connectivity index (χ4n) is 11.5. The highest BCUT2D eigenvalue weighted by Crippen LogP contribution is 2.53. The molecule has 2 aromatic rings. The van der Waals surface area contributed by atoms with Crippen LogP contribution >= 0.6 is 0 Å². The molecule has 0 saturated carbocycles. The molecule has 82 heavy (non-hydrogen) atoms. The van der Waals surface area contributed by atoms with Gasteiger partial charge in [-0.1, -0.05) is 26.0 Å². The Labute approximate surface area is 467 Å². The molecule has 6 amide bonds. The summed E-state index contributed by atoms with van der Waals surface area (Å²) in [5.74, 6) is -9.38. The number of ether oxygens (including phenoxy) is 8. The summed E-state index contributed by atoms with van der Waals surface area (Å²) in [5.41, 5.74) is -4.44. The maximum atomic E-state index is 14.4. The van der Waals surface area contributed by atoms with Crippen molar-refractivity contribution in [2.24, 2.45) is 5.92 Å². The highest BCUT2D eigenvalue weighted by atomic mass is 16.7. The summed E-state index contributed by atoms with van der Waals surface area (Å²) in [4.78, 5) is 111. The van der Waals surface area contributed by atoms with Crippen LogP contribution in [-0.4, -0.2) is 238 Å². The topological polar surface area (TPSA) is 407 Å². The first-order valence-corrected chi connectivity index (χ1v) is 26.6. The number of hydrogen-bond donors (Lipinski definition) is 11. The van der Waals surface area contributed by atoms with E-state index >= 15 is 0 Å². The lowest BCUT2D eigenvalue weighted by atomic mass is 9.72. The number of nitrogens with zero attached hydrogens (tertiary/aromatic N) is 2. The molecule has 0 radical (unpaired) electrons. The molecule has 4 fully saturated rings. The van der Waals surface area contributed by atoms with Crippen LogP contribution in [0.1, 0.15) is 82.7 Å². The first-order chi connectivity index (χ1) is 39.0. The molecule has 446 valence electrons. The number of amides is 6. The van der Waals surface area contributed by atoms with E-state index in [1.807, 2.05) is 0 Å². The van der Waals surface area contributed by atoms with Gasteiger partial charge in [0.1, 0.15) is 72.0 Å². The number of carbonyl (C=O) groups excluding carboxylic acids is 8. The van der Waals surface area contributed by atoms with Crippen molar-refractivity contribution in [2.45, 2.75) is 132 Å². The highest BCUT2D eigenvalue weighted by Gasteiger charge is 2.56. The number of carbonyl (C=O) groups is 8. The summed E-state index contributed by atoms with van der Waals surface area (Å²) in [6, 6.07) is 0.834. The molecule has 0 bridgehead atoms. The predicted octanol–water partition coefficient (Wildman–Crippen LogP) is -4.25. The Morgan fingerprint density at radius 3 is 2.24 bits per heavy atom. The fourth-order valence-corrected chi connectivity index (χ4v) is 11.5. The normalized spacial score (nSPS) is 31.1. The van der Waals surface area contributed by atoms with Gasteiger partial charge >= 0.3 is 0 Å². The Kier molecular flexibility index (Phi) is 17.8. The van der Waals surface area contributed by atoms with Crippen LogP contribution in [0.5, 0.6) is 17.2 Å². The number of morpholine rings is 1. The predicted molar refractivity (Wildman–Crippen MR) is 272 cm³/mol. The number of ketones is 2. The van der Waals surface area contributed by atoms with Gasteiger partial charge in [-0.05, 0) is 18.9 Å². The van der Waals surface area contributed by atoms with Crippen LogP contribution in [0.15, 0.2) is 30.4 Å². The number of hydrogen-bond acceptors (Lipinski definition) is 24. The number of phenols is 2. The average molecular weight is 1160 g/mol. The minimum atomic E-state index is -2.51. The van der Waals surface area contributed by atoms with E-state index in [1.165, 1.54) is 32.4 Å². The van der Waals surface area contributed by atoms with E-state index in [4.69, 9.17) is 37.9 Å². The third kappa shape index (κ3) is 11.3. The van der Waals surface area contributed by atoms with Gasteiger partial charge < -0.3 is 94.9 Å². The molecular formula is C53H66N6O23. The van der Waals surface area contributed by atoms with E-state index in [1.54, 1.807) is 20.8 Å². The van der Waals surface area contributed by atoms with Crippen molar-refractivity contribution >= 4 is 47.0 Å². The van der Waals surface area contributed by atoms with Crippen molar-refractivity contribution in [3.63, 3.8) is 0 Å². The van der Waals surface area contributed by atoms with Crippen molar-refractivity contribution in [3.8, 4) is 17.2 Å². The van der Waals surface area contributed by atoms with Crippen LogP contribution in [0.4, 0.5) is 0 Å². The standard InChI is InChI=1S/C53H66N6O23/c1-21(2)38(57-30(61)18-59-31(62)9-10-32(59)63)48(72)56-25(20-78-50-45(70)44(69)41(66)29(19-60)81-50)47(71)54-11-12-55-52(73)53(74)16-24-35(43(68)37-36(40(24)65)39(64)23-7-6-8-27(75-4)34(23)42(37)67)28(17-53)80-33-15-26-46(22(3)79-33)82-49-51(76-5)77-14-13-58(26)49/h6-10,21-22,25-26,28-29,33,38,41,44-46,49-51,60,65-66,68-70,74H,11-20H2,1-5H3,(H,54,71)(H,55,73)(H,56,72)(H,57,61)/t22-,25-,26-,28-,29+,33-,38-,41+,44-,45+,46+,49+,50+,51-,53-/m0/s1. The van der Waals surface area contributed by atoms with Gasteiger partial charge in [0.15, 0.2) is 30.9 Å². The summed E-state index contributed by atoms with van der Waals surface area (Å²) in [5, 5.41) is 87.7. The number of imide groups is 1. The lowest BCUT2D eigenvalue weighted by molar-refractivity contribution is -0.301. The number of fused-ring (bicyclic) bond motifs is 6. The molecule has 2 aromatic carbocycles. The largest absolute Gasteiger partial charge is 0.507 e. The molecule has 0 unspecified atom stereocenters. The molecule has 5 aliphatic heterocycles. The Hall–Kier alpha value is -6.58. The minimum Gasteiger partial charge on any atom is -0.507 e. The zero-order valence-electron chi connectivity index (χ0n) is 45.2. The number of aliphatic hydroxyl groups excluding tert-OH is 4. The van der Waals surface area contributed by atoms with E-state index in [0.717, 1.165) is 12.2 Å². The summed E-state index contributed by atoms with van der Waals surface area (Å²) in [6.45, 7) is 2.41. The monoisotopic (exact) mass is 1150 g/mol. The van der Waals surface area contributed by atoms with Crippen LogP contribution in [0, 0.1) is 5.92 Å². The summed E-state index contributed by atoms with van der Waals surface area (Å²) in [7, 11) is 2.78. The van der Waals surface area contributed by atoms with Gasteiger partial charge in [0.05, 0.1) is 55.8 Å². The van der Waals surface area contributed by atoms with Crippen molar-refractivity contribution in [1.29, 1.82) is 0 Å². The molecule has 0 aromatic heterocycles. The molecule has 7 aliphatic rings. The molecule has 4 saturated heterocycles. The molecule has 0 spiro atoms. The van der Waals surface area contributed by atoms with Crippen LogP contribution in [0.3, 0.4) is 0 Å². The Morgan fingerprint density at radius 1 is 0.854 bits per heavy atom. The molecule has 11 N–H and O–H groups in total. The maximum Gasteiger partial charge on any atom is 0.254 e. The first-order valence-electron chi connectivity index (χ1n) is 26.6. The van der Waals surface area contributed by atoms with Crippen molar-refractivity contribution in [1.82, 2.24) is 31.1 Å². The summed E-state index contributed by atoms with van der Waals surface area (Å²) >= 11 is 0. The van der Waals surface area contributed by atoms with Gasteiger partial charge in [-0.3, -0.25) is 48.2 Å². The van der Waals surface area contributed by atoms with E-state index in [2.05, 4.69) is 26.2 Å². The van der Waals surface area contributed by atoms with Crippen molar-refractivity contribution < 1.29 is 112 Å². The number of nitrogens with one attached hydrogen (secondary N) is 4. The minimum absolute atomic E-state index is 0.0254. The first kappa shape index (κ1) is 60.0. The van der Waals surface area contributed by atoms with Crippen LogP contribution in [0.2, 0.25) is 0 Å². The SMILES string of the molecule is COc1cccc2c1C(=O)c1c(O)c3c(c(O)c1C2=O)C[C@@](O)(C(=O)NCCNC(=O)[C@H](CO[C@@H]1O[C@H](CO)[C@@H](O)[C@H](O)[C@H]1O)NC(=O)[C@@H](NC(=O)CN1C(=O)C=CC1=O)C(C)C)C[C@@H]3O[C@H]1C[C@H]2[C@H](O[C@@H]3[C@@H](OC)OCCN32)[C@H](C)O1. The van der Waals surface area contributed by atoms with E-state index in [0.29, 0.717) is 18.1 Å². The van der Waals surface area contributed by atoms with Crippen molar-refractivity contribution in [3.05, 3.63) is 63.7 Å². The number of aromatic hydroxyl groups is 2. The van der Waals surface area contributed by atoms with E-state index < -0.39 is 207 Å². The van der Waals surface area contributed by atoms with Gasteiger partial charge in [-0.15, -0.1) is 0 Å². The second-order valence-corrected chi connectivity index (χ2v) is 21.2. The highest BCUT2D eigenvalue weighted by molar-refractivity contribution is 6.31. The van der Waals surface area contributed by atoms with Crippen LogP contribution in [-0.2, 0) is 68.3 Å². The number of rotatable bonds is 19. The molecule has 2 aliphatic carbocycles. The molecule has 5 heterocycles. The molecular weight excluding hydrogens is 1090 g/mol. The molecule has 9 rings (SSSR count). The van der Waals surface area contributed by atoms with Crippen LogP contribution < -0.4 is 26.0 Å². The van der Waals surface area contributed by atoms with Gasteiger partial charge in [0.2, 0.25) is 23.5 Å². The van der Waals surface area contributed by atoms with Gasteiger partial charge in [-0.2, -0.15) is 0 Å². The quantitative estimate of drug-likeness (QED) is 0.0308. The summed E-state index contributed by atoms with van der Waals surface area (Å²) in [6.07, 6.45) is -13.0. The Balaban J connectivity index is 0.936. The molecule has 29 heteroatoms. The summed E-state index contributed by atoms with van der Waals surface area (Å²) < 4.78 is 47.0. The fraction of sp³-hybridized carbons (Fsp3) is 0.585.